The van der Waals surface area contributed by atoms with E-state index in [0.29, 0.717) is 6.54 Å². The van der Waals surface area contributed by atoms with Crippen LogP contribution in [0.4, 0.5) is 0 Å². The van der Waals surface area contributed by atoms with Crippen LogP contribution in [0.2, 0.25) is 0 Å². The second-order valence-corrected chi connectivity index (χ2v) is 6.32. The molecule has 0 unspecified atom stereocenters. The molecule has 0 bridgehead atoms. The first kappa shape index (κ1) is 16.5. The SMILES string of the molecule is NCCNCc1ccc(-c2ccc3ncn(-c4ccccc4)c3c2)cc1. The first-order chi connectivity index (χ1) is 12.8. The van der Waals surface area contributed by atoms with Gasteiger partial charge in [-0.05, 0) is 41.0 Å². The lowest BCUT2D eigenvalue weighted by atomic mass is 10.0. The van der Waals surface area contributed by atoms with Crippen LogP contribution >= 0.6 is 0 Å². The van der Waals surface area contributed by atoms with Crippen LogP contribution in [0.5, 0.6) is 0 Å². The average Bonchev–Trinajstić information content (AvgIpc) is 3.13. The summed E-state index contributed by atoms with van der Waals surface area (Å²) in [5.74, 6) is 0. The third-order valence-corrected chi connectivity index (χ3v) is 4.52. The van der Waals surface area contributed by atoms with Crippen LogP contribution in [0.25, 0.3) is 27.8 Å². The molecule has 0 fully saturated rings. The Kier molecular flexibility index (Phi) is 4.78. The van der Waals surface area contributed by atoms with Crippen molar-refractivity contribution in [3.63, 3.8) is 0 Å². The van der Waals surface area contributed by atoms with E-state index in [4.69, 9.17) is 5.73 Å². The molecular formula is C22H22N4. The number of hydrogen-bond donors (Lipinski definition) is 2. The molecule has 0 atom stereocenters. The Labute approximate surface area is 153 Å². The summed E-state index contributed by atoms with van der Waals surface area (Å²) in [5.41, 5.74) is 12.4. The first-order valence-corrected chi connectivity index (χ1v) is 8.88. The number of benzene rings is 3. The summed E-state index contributed by atoms with van der Waals surface area (Å²) in [6, 6.07) is 25.4. The number of nitrogens with zero attached hydrogens (tertiary/aromatic N) is 2. The second-order valence-electron chi connectivity index (χ2n) is 6.32. The number of rotatable bonds is 6. The summed E-state index contributed by atoms with van der Waals surface area (Å²) in [5, 5.41) is 3.32. The van der Waals surface area contributed by atoms with Crippen molar-refractivity contribution >= 4 is 11.0 Å². The molecule has 0 aliphatic rings. The number of fused-ring (bicyclic) bond motifs is 1. The largest absolute Gasteiger partial charge is 0.329 e. The monoisotopic (exact) mass is 342 g/mol. The topological polar surface area (TPSA) is 55.9 Å². The first-order valence-electron chi connectivity index (χ1n) is 8.88. The zero-order valence-electron chi connectivity index (χ0n) is 14.6. The lowest BCUT2D eigenvalue weighted by molar-refractivity contribution is 0.695. The number of nitrogens with one attached hydrogen (secondary N) is 1. The van der Waals surface area contributed by atoms with Crippen molar-refractivity contribution in [3.8, 4) is 16.8 Å². The van der Waals surface area contributed by atoms with Crippen molar-refractivity contribution < 1.29 is 0 Å². The van der Waals surface area contributed by atoms with E-state index in [1.807, 2.05) is 24.5 Å². The predicted molar refractivity (Wildman–Crippen MR) is 107 cm³/mol. The fourth-order valence-corrected chi connectivity index (χ4v) is 3.13. The van der Waals surface area contributed by atoms with E-state index in [1.54, 1.807) is 0 Å². The third-order valence-electron chi connectivity index (χ3n) is 4.52. The lowest BCUT2D eigenvalue weighted by Crippen LogP contribution is -2.21. The highest BCUT2D eigenvalue weighted by molar-refractivity contribution is 5.83. The zero-order valence-corrected chi connectivity index (χ0v) is 14.6. The minimum atomic E-state index is 0.660. The summed E-state index contributed by atoms with van der Waals surface area (Å²) in [6.45, 7) is 2.34. The molecular weight excluding hydrogens is 320 g/mol. The minimum absolute atomic E-state index is 0.660. The van der Waals surface area contributed by atoms with Crippen LogP contribution in [-0.4, -0.2) is 22.6 Å². The Hall–Kier alpha value is -2.95. The Bertz CT molecular complexity index is 988. The molecule has 1 aromatic heterocycles. The van der Waals surface area contributed by atoms with Gasteiger partial charge in [0.25, 0.3) is 0 Å². The van der Waals surface area contributed by atoms with E-state index >= 15 is 0 Å². The minimum Gasteiger partial charge on any atom is -0.329 e. The fourth-order valence-electron chi connectivity index (χ4n) is 3.13. The molecule has 26 heavy (non-hydrogen) atoms. The smallest absolute Gasteiger partial charge is 0.100 e. The molecule has 0 spiro atoms. The van der Waals surface area contributed by atoms with Gasteiger partial charge in [0.15, 0.2) is 0 Å². The summed E-state index contributed by atoms with van der Waals surface area (Å²) < 4.78 is 2.13. The number of aromatic nitrogens is 2. The van der Waals surface area contributed by atoms with Gasteiger partial charge in [0.1, 0.15) is 6.33 Å². The number of hydrogen-bond acceptors (Lipinski definition) is 3. The van der Waals surface area contributed by atoms with E-state index in [0.717, 1.165) is 29.8 Å². The fraction of sp³-hybridized carbons (Fsp3) is 0.136. The van der Waals surface area contributed by atoms with E-state index in [-0.39, 0.29) is 0 Å². The maximum atomic E-state index is 5.51. The average molecular weight is 342 g/mol. The number of imidazole rings is 1. The van der Waals surface area contributed by atoms with E-state index in [2.05, 4.69) is 69.5 Å². The van der Waals surface area contributed by atoms with Gasteiger partial charge in [-0.15, -0.1) is 0 Å². The molecule has 0 aliphatic carbocycles. The van der Waals surface area contributed by atoms with Crippen LogP contribution in [0.1, 0.15) is 5.56 Å². The van der Waals surface area contributed by atoms with Crippen LogP contribution in [-0.2, 0) is 6.54 Å². The Morgan fingerprint density at radius 2 is 1.65 bits per heavy atom. The van der Waals surface area contributed by atoms with Crippen LogP contribution in [0, 0.1) is 0 Å². The second kappa shape index (κ2) is 7.52. The maximum absolute atomic E-state index is 5.51. The van der Waals surface area contributed by atoms with E-state index < -0.39 is 0 Å². The Balaban J connectivity index is 1.65. The molecule has 130 valence electrons. The summed E-state index contributed by atoms with van der Waals surface area (Å²) in [4.78, 5) is 4.53. The van der Waals surface area contributed by atoms with Crippen molar-refractivity contribution in [1.82, 2.24) is 14.9 Å². The quantitative estimate of drug-likeness (QED) is 0.525. The normalized spacial score (nSPS) is 11.1. The number of nitrogens with two attached hydrogens (primary N) is 1. The lowest BCUT2D eigenvalue weighted by Gasteiger charge is -2.08. The van der Waals surface area contributed by atoms with Crippen LogP contribution in [0.15, 0.2) is 79.1 Å². The van der Waals surface area contributed by atoms with Gasteiger partial charge in [-0.1, -0.05) is 48.5 Å². The highest BCUT2D eigenvalue weighted by atomic mass is 15.0. The van der Waals surface area contributed by atoms with Crippen LogP contribution < -0.4 is 11.1 Å². The highest BCUT2D eigenvalue weighted by Gasteiger charge is 2.07. The van der Waals surface area contributed by atoms with Crippen molar-refractivity contribution in [2.45, 2.75) is 6.54 Å². The summed E-state index contributed by atoms with van der Waals surface area (Å²) in [6.07, 6.45) is 1.88. The van der Waals surface area contributed by atoms with E-state index in [1.165, 1.54) is 16.7 Å². The Morgan fingerprint density at radius 3 is 2.42 bits per heavy atom. The molecule has 0 amide bonds. The van der Waals surface area contributed by atoms with E-state index in [9.17, 15) is 0 Å². The van der Waals surface area contributed by atoms with Crippen molar-refractivity contribution in [1.29, 1.82) is 0 Å². The summed E-state index contributed by atoms with van der Waals surface area (Å²) >= 11 is 0. The van der Waals surface area contributed by atoms with Gasteiger partial charge in [0.2, 0.25) is 0 Å². The molecule has 0 aliphatic heterocycles. The molecule has 4 heteroatoms. The summed E-state index contributed by atoms with van der Waals surface area (Å²) in [7, 11) is 0. The Morgan fingerprint density at radius 1 is 0.885 bits per heavy atom. The van der Waals surface area contributed by atoms with Crippen molar-refractivity contribution in [3.05, 3.63) is 84.7 Å². The van der Waals surface area contributed by atoms with Gasteiger partial charge >= 0.3 is 0 Å². The molecule has 4 aromatic rings. The molecule has 0 saturated carbocycles. The van der Waals surface area contributed by atoms with Crippen molar-refractivity contribution in [2.75, 3.05) is 13.1 Å². The number of para-hydroxylation sites is 1. The molecule has 0 radical (unpaired) electrons. The highest BCUT2D eigenvalue weighted by Crippen LogP contribution is 2.26. The van der Waals surface area contributed by atoms with Gasteiger partial charge in [0.05, 0.1) is 11.0 Å². The van der Waals surface area contributed by atoms with Gasteiger partial charge in [-0.3, -0.25) is 4.57 Å². The molecule has 3 N–H and O–H groups in total. The van der Waals surface area contributed by atoms with Gasteiger partial charge in [-0.25, -0.2) is 4.98 Å². The molecule has 3 aromatic carbocycles. The third kappa shape index (κ3) is 3.38. The van der Waals surface area contributed by atoms with Gasteiger partial charge < -0.3 is 11.1 Å². The predicted octanol–water partition coefficient (Wildman–Crippen LogP) is 3.74. The maximum Gasteiger partial charge on any atom is 0.100 e. The van der Waals surface area contributed by atoms with Gasteiger partial charge in [-0.2, -0.15) is 0 Å². The zero-order chi connectivity index (χ0) is 17.8. The van der Waals surface area contributed by atoms with Crippen LogP contribution in [0.3, 0.4) is 0 Å². The standard InChI is InChI=1S/C22H22N4/c23-12-13-24-15-17-6-8-18(9-7-17)19-10-11-21-22(14-19)26(16-25-21)20-4-2-1-3-5-20/h1-11,14,16,24H,12-13,15,23H2. The molecule has 1 heterocycles. The molecule has 4 nitrogen and oxygen atoms in total. The van der Waals surface area contributed by atoms with Crippen molar-refractivity contribution in [2.24, 2.45) is 5.73 Å². The molecule has 4 rings (SSSR count). The molecule has 0 saturated heterocycles. The van der Waals surface area contributed by atoms with Gasteiger partial charge in [0, 0.05) is 25.3 Å².